The minimum Gasteiger partial charge on any atom is -0.481 e. The summed E-state index contributed by atoms with van der Waals surface area (Å²) in [5, 5.41) is 12.3. The Kier molecular flexibility index (Phi) is 4.38. The molecule has 2 rings (SSSR count). The predicted octanol–water partition coefficient (Wildman–Crippen LogP) is 1.31. The molecule has 100 valence electrons. The van der Waals surface area contributed by atoms with Crippen molar-refractivity contribution in [3.63, 3.8) is 0 Å². The Labute approximate surface area is 107 Å². The Bertz CT molecular complexity index is 378. The Hall–Kier alpha value is -1.33. The number of carboxylic acids is 1. The topological polar surface area (TPSA) is 65.7 Å². The minimum atomic E-state index is -0.750. The molecule has 1 aromatic rings. The second kappa shape index (κ2) is 6.02. The maximum Gasteiger partial charge on any atom is 0.304 e. The quantitative estimate of drug-likeness (QED) is 0.845. The largest absolute Gasteiger partial charge is 0.481 e. The van der Waals surface area contributed by atoms with Crippen molar-refractivity contribution in [2.24, 2.45) is 0 Å². The molecule has 0 aromatic carbocycles. The molecule has 2 unspecified atom stereocenters. The van der Waals surface area contributed by atoms with Gasteiger partial charge in [0.15, 0.2) is 0 Å². The van der Waals surface area contributed by atoms with E-state index >= 15 is 0 Å². The number of hydrogen-bond acceptors (Lipinski definition) is 4. The first-order valence-electron chi connectivity index (χ1n) is 6.37. The van der Waals surface area contributed by atoms with Crippen molar-refractivity contribution in [2.45, 2.75) is 38.4 Å². The number of aliphatic carboxylic acids is 1. The zero-order valence-electron chi connectivity index (χ0n) is 10.6. The van der Waals surface area contributed by atoms with Crippen LogP contribution in [0.25, 0.3) is 0 Å². The van der Waals surface area contributed by atoms with Gasteiger partial charge in [0.05, 0.1) is 19.2 Å². The van der Waals surface area contributed by atoms with Gasteiger partial charge in [0.2, 0.25) is 0 Å². The number of carboxylic acid groups (broad SMARTS) is 1. The second-order valence-corrected chi connectivity index (χ2v) is 4.85. The summed E-state index contributed by atoms with van der Waals surface area (Å²) in [6, 6.07) is 4.17. The summed E-state index contributed by atoms with van der Waals surface area (Å²) < 4.78 is 5.37. The van der Waals surface area contributed by atoms with Crippen molar-refractivity contribution < 1.29 is 14.3 Å². The van der Waals surface area contributed by atoms with Gasteiger partial charge in [-0.2, -0.15) is 0 Å². The fraction of sp³-hybridized carbons (Fsp3) is 0.615. The molecule has 2 atom stereocenters. The molecule has 0 bridgehead atoms. The van der Waals surface area contributed by atoms with Crippen LogP contribution in [-0.4, -0.2) is 41.1 Å². The standard InChI is InChI=1S/C13H20N2O3/c1-10-4-5-14-8-11(7-13(16)17)15(10)9-12-3-2-6-18-12/h2-3,6,10-11,14H,4-5,7-9H2,1H3,(H,16,17). The molecule has 5 heteroatoms. The summed E-state index contributed by atoms with van der Waals surface area (Å²) in [6.45, 7) is 4.47. The van der Waals surface area contributed by atoms with Crippen LogP contribution in [0, 0.1) is 0 Å². The zero-order valence-corrected chi connectivity index (χ0v) is 10.6. The molecule has 0 amide bonds. The Balaban J connectivity index is 2.09. The maximum absolute atomic E-state index is 11.0. The van der Waals surface area contributed by atoms with Gasteiger partial charge in [0.25, 0.3) is 0 Å². The lowest BCUT2D eigenvalue weighted by Crippen LogP contribution is -2.44. The van der Waals surface area contributed by atoms with Crippen LogP contribution in [0.3, 0.4) is 0 Å². The second-order valence-electron chi connectivity index (χ2n) is 4.85. The molecule has 0 radical (unpaired) electrons. The van der Waals surface area contributed by atoms with Crippen LogP contribution in [0.2, 0.25) is 0 Å². The molecule has 2 heterocycles. The highest BCUT2D eigenvalue weighted by Crippen LogP contribution is 2.18. The van der Waals surface area contributed by atoms with E-state index in [2.05, 4.69) is 17.1 Å². The van der Waals surface area contributed by atoms with Gasteiger partial charge in [0.1, 0.15) is 5.76 Å². The number of furan rings is 1. The van der Waals surface area contributed by atoms with E-state index in [4.69, 9.17) is 9.52 Å². The summed E-state index contributed by atoms with van der Waals surface area (Å²) in [7, 11) is 0. The van der Waals surface area contributed by atoms with Crippen LogP contribution in [0.1, 0.15) is 25.5 Å². The Morgan fingerprint density at radius 1 is 1.67 bits per heavy atom. The third kappa shape index (κ3) is 3.34. The summed E-state index contributed by atoms with van der Waals surface area (Å²) in [4.78, 5) is 13.2. The van der Waals surface area contributed by atoms with Crippen molar-refractivity contribution in [3.05, 3.63) is 24.2 Å². The number of rotatable bonds is 4. The van der Waals surface area contributed by atoms with E-state index in [9.17, 15) is 4.79 Å². The average molecular weight is 252 g/mol. The minimum absolute atomic E-state index is 0.0186. The molecule has 0 spiro atoms. The highest BCUT2D eigenvalue weighted by molar-refractivity contribution is 5.67. The van der Waals surface area contributed by atoms with E-state index in [1.807, 2.05) is 12.1 Å². The van der Waals surface area contributed by atoms with Crippen molar-refractivity contribution in [1.82, 2.24) is 10.2 Å². The van der Waals surface area contributed by atoms with Crippen molar-refractivity contribution in [2.75, 3.05) is 13.1 Å². The number of hydrogen-bond donors (Lipinski definition) is 2. The van der Waals surface area contributed by atoms with E-state index < -0.39 is 5.97 Å². The highest BCUT2D eigenvalue weighted by atomic mass is 16.4. The number of nitrogens with zero attached hydrogens (tertiary/aromatic N) is 1. The summed E-state index contributed by atoms with van der Waals surface area (Å²) in [6.07, 6.45) is 2.84. The lowest BCUT2D eigenvalue weighted by molar-refractivity contribution is -0.138. The van der Waals surface area contributed by atoms with E-state index in [0.29, 0.717) is 12.6 Å². The Morgan fingerprint density at radius 2 is 2.50 bits per heavy atom. The molecule has 5 nitrogen and oxygen atoms in total. The van der Waals surface area contributed by atoms with Gasteiger partial charge in [-0.3, -0.25) is 9.69 Å². The first-order chi connectivity index (χ1) is 8.66. The summed E-state index contributed by atoms with van der Waals surface area (Å²) >= 11 is 0. The lowest BCUT2D eigenvalue weighted by Gasteiger charge is -2.32. The molecule has 2 N–H and O–H groups in total. The van der Waals surface area contributed by atoms with Crippen molar-refractivity contribution in [1.29, 1.82) is 0 Å². The van der Waals surface area contributed by atoms with Gasteiger partial charge in [-0.25, -0.2) is 0 Å². The van der Waals surface area contributed by atoms with E-state index in [-0.39, 0.29) is 12.5 Å². The fourth-order valence-electron chi connectivity index (χ4n) is 2.48. The van der Waals surface area contributed by atoms with Crippen LogP contribution >= 0.6 is 0 Å². The molecule has 1 aromatic heterocycles. The highest BCUT2D eigenvalue weighted by Gasteiger charge is 2.28. The molecule has 1 aliphatic rings. The SMILES string of the molecule is CC1CCNCC(CC(=O)O)N1Cc1ccco1. The van der Waals surface area contributed by atoms with Gasteiger partial charge < -0.3 is 14.8 Å². The fourth-order valence-corrected chi connectivity index (χ4v) is 2.48. The molecule has 0 saturated carbocycles. The zero-order chi connectivity index (χ0) is 13.0. The molecular weight excluding hydrogens is 232 g/mol. The van der Waals surface area contributed by atoms with Gasteiger partial charge in [-0.05, 0) is 32.0 Å². The van der Waals surface area contributed by atoms with E-state index in [0.717, 1.165) is 25.3 Å². The van der Waals surface area contributed by atoms with Gasteiger partial charge in [-0.1, -0.05) is 0 Å². The number of carbonyl (C=O) groups is 1. The monoisotopic (exact) mass is 252 g/mol. The van der Waals surface area contributed by atoms with E-state index in [1.54, 1.807) is 6.26 Å². The molecule has 1 fully saturated rings. The van der Waals surface area contributed by atoms with Gasteiger partial charge in [0, 0.05) is 18.6 Å². The van der Waals surface area contributed by atoms with Crippen LogP contribution in [0.4, 0.5) is 0 Å². The molecule has 0 aliphatic carbocycles. The summed E-state index contributed by atoms with van der Waals surface area (Å²) in [5.41, 5.74) is 0. The molecule has 1 saturated heterocycles. The van der Waals surface area contributed by atoms with E-state index in [1.165, 1.54) is 0 Å². The number of nitrogens with one attached hydrogen (secondary N) is 1. The maximum atomic E-state index is 11.0. The molecular formula is C13H20N2O3. The van der Waals surface area contributed by atoms with Gasteiger partial charge >= 0.3 is 5.97 Å². The Morgan fingerprint density at radius 3 is 3.17 bits per heavy atom. The third-order valence-electron chi connectivity index (χ3n) is 3.48. The molecule has 18 heavy (non-hydrogen) atoms. The van der Waals surface area contributed by atoms with Gasteiger partial charge in [-0.15, -0.1) is 0 Å². The smallest absolute Gasteiger partial charge is 0.304 e. The molecule has 1 aliphatic heterocycles. The normalized spacial score (nSPS) is 25.8. The van der Waals surface area contributed by atoms with Crippen LogP contribution in [-0.2, 0) is 11.3 Å². The third-order valence-corrected chi connectivity index (χ3v) is 3.48. The summed E-state index contributed by atoms with van der Waals surface area (Å²) in [5.74, 6) is 0.138. The first kappa shape index (κ1) is 13.1. The predicted molar refractivity (Wildman–Crippen MR) is 67.2 cm³/mol. The van der Waals surface area contributed by atoms with Crippen molar-refractivity contribution in [3.8, 4) is 0 Å². The first-order valence-corrected chi connectivity index (χ1v) is 6.37. The van der Waals surface area contributed by atoms with Crippen LogP contribution < -0.4 is 5.32 Å². The van der Waals surface area contributed by atoms with Crippen molar-refractivity contribution >= 4 is 5.97 Å². The average Bonchev–Trinajstić information content (AvgIpc) is 2.76. The van der Waals surface area contributed by atoms with Crippen LogP contribution in [0.15, 0.2) is 22.8 Å². The lowest BCUT2D eigenvalue weighted by atomic mass is 10.1. The van der Waals surface area contributed by atoms with Crippen LogP contribution in [0.5, 0.6) is 0 Å².